The molecule has 0 aliphatic carbocycles. The summed E-state index contributed by atoms with van der Waals surface area (Å²) in [6, 6.07) is 16.8. The Bertz CT molecular complexity index is 734. The topological polar surface area (TPSA) is 74.8 Å². The minimum atomic E-state index is -0.464. The SMILES string of the molecule is CC(=O)N(CCN(C(C)=O)C(=O)c1ccccc1)C(=O)c1ccccc1. The molecule has 2 aromatic carbocycles. The lowest BCUT2D eigenvalue weighted by molar-refractivity contribution is -0.129. The molecule has 0 atom stereocenters. The molecule has 6 heteroatoms. The molecule has 0 aliphatic heterocycles. The van der Waals surface area contributed by atoms with Gasteiger partial charge in [0.15, 0.2) is 0 Å². The Kier molecular flexibility index (Phi) is 6.38. The van der Waals surface area contributed by atoms with Gasteiger partial charge in [-0.3, -0.25) is 29.0 Å². The van der Waals surface area contributed by atoms with Gasteiger partial charge in [0.25, 0.3) is 11.8 Å². The van der Waals surface area contributed by atoms with Crippen molar-refractivity contribution < 1.29 is 19.2 Å². The first-order valence-electron chi connectivity index (χ1n) is 8.16. The Morgan fingerprint density at radius 2 is 0.923 bits per heavy atom. The van der Waals surface area contributed by atoms with Crippen LogP contribution in [0.4, 0.5) is 0 Å². The van der Waals surface area contributed by atoms with Crippen LogP contribution in [0.2, 0.25) is 0 Å². The summed E-state index contributed by atoms with van der Waals surface area (Å²) in [7, 11) is 0. The maximum Gasteiger partial charge on any atom is 0.260 e. The first kappa shape index (κ1) is 19.1. The molecule has 0 saturated carbocycles. The average Bonchev–Trinajstić information content (AvgIpc) is 2.65. The fourth-order valence-electron chi connectivity index (χ4n) is 2.48. The first-order valence-corrected chi connectivity index (χ1v) is 8.16. The van der Waals surface area contributed by atoms with E-state index in [-0.39, 0.29) is 13.1 Å². The number of amides is 4. The van der Waals surface area contributed by atoms with E-state index < -0.39 is 23.6 Å². The molecule has 0 N–H and O–H groups in total. The highest BCUT2D eigenvalue weighted by Gasteiger charge is 2.24. The highest BCUT2D eigenvalue weighted by molar-refractivity contribution is 6.05. The molecule has 0 unspecified atom stereocenters. The van der Waals surface area contributed by atoms with Gasteiger partial charge in [0.1, 0.15) is 0 Å². The third kappa shape index (κ3) is 4.63. The largest absolute Gasteiger partial charge is 0.277 e. The highest BCUT2D eigenvalue weighted by Crippen LogP contribution is 2.08. The number of imide groups is 2. The summed E-state index contributed by atoms with van der Waals surface area (Å²) in [4.78, 5) is 50.9. The summed E-state index contributed by atoms with van der Waals surface area (Å²) in [6.07, 6.45) is 0. The molecule has 0 spiro atoms. The molecule has 6 nitrogen and oxygen atoms in total. The molecule has 4 amide bonds. The Morgan fingerprint density at radius 3 is 1.19 bits per heavy atom. The van der Waals surface area contributed by atoms with Crippen molar-refractivity contribution in [3.63, 3.8) is 0 Å². The van der Waals surface area contributed by atoms with Crippen molar-refractivity contribution in [1.82, 2.24) is 9.80 Å². The minimum Gasteiger partial charge on any atom is -0.277 e. The van der Waals surface area contributed by atoms with Gasteiger partial charge in [-0.25, -0.2) is 0 Å². The zero-order valence-corrected chi connectivity index (χ0v) is 14.7. The van der Waals surface area contributed by atoms with E-state index in [0.717, 1.165) is 9.80 Å². The van der Waals surface area contributed by atoms with Gasteiger partial charge in [0, 0.05) is 38.1 Å². The van der Waals surface area contributed by atoms with Gasteiger partial charge in [-0.2, -0.15) is 0 Å². The second-order valence-corrected chi connectivity index (χ2v) is 5.68. The Morgan fingerprint density at radius 1 is 0.615 bits per heavy atom. The van der Waals surface area contributed by atoms with Crippen LogP contribution in [0.3, 0.4) is 0 Å². The third-order valence-electron chi connectivity index (χ3n) is 3.84. The summed E-state index contributed by atoms with van der Waals surface area (Å²) in [5.74, 6) is -1.83. The van der Waals surface area contributed by atoms with Gasteiger partial charge in [0.05, 0.1) is 0 Å². The maximum atomic E-state index is 12.5. The summed E-state index contributed by atoms with van der Waals surface area (Å²) in [6.45, 7) is 2.42. The Hall–Kier alpha value is -3.28. The molecule has 0 saturated heterocycles. The van der Waals surface area contributed by atoms with E-state index in [1.807, 2.05) is 0 Å². The van der Waals surface area contributed by atoms with Crippen molar-refractivity contribution in [2.45, 2.75) is 13.8 Å². The predicted molar refractivity (Wildman–Crippen MR) is 96.3 cm³/mol. The van der Waals surface area contributed by atoms with Gasteiger partial charge >= 0.3 is 0 Å². The average molecular weight is 352 g/mol. The fourth-order valence-corrected chi connectivity index (χ4v) is 2.48. The van der Waals surface area contributed by atoms with Crippen LogP contribution in [-0.2, 0) is 9.59 Å². The third-order valence-corrected chi connectivity index (χ3v) is 3.84. The Balaban J connectivity index is 2.15. The molecule has 0 heterocycles. The minimum absolute atomic E-state index is 0.0682. The molecule has 0 fully saturated rings. The molecular formula is C20H20N2O4. The van der Waals surface area contributed by atoms with E-state index in [9.17, 15) is 19.2 Å². The van der Waals surface area contributed by atoms with Crippen LogP contribution in [0.15, 0.2) is 60.7 Å². The van der Waals surface area contributed by atoms with Crippen molar-refractivity contribution in [3.8, 4) is 0 Å². The van der Waals surface area contributed by atoms with E-state index in [1.165, 1.54) is 13.8 Å². The van der Waals surface area contributed by atoms with E-state index in [2.05, 4.69) is 0 Å². The van der Waals surface area contributed by atoms with Crippen molar-refractivity contribution in [2.24, 2.45) is 0 Å². The highest BCUT2D eigenvalue weighted by atomic mass is 16.2. The summed E-state index contributed by atoms with van der Waals surface area (Å²) in [5.41, 5.74) is 0.734. The molecule has 0 bridgehead atoms. The number of carbonyl (C=O) groups is 4. The summed E-state index contributed by atoms with van der Waals surface area (Å²) < 4.78 is 0. The first-order chi connectivity index (χ1) is 12.4. The lowest BCUT2D eigenvalue weighted by Crippen LogP contribution is -2.44. The number of benzene rings is 2. The molecular weight excluding hydrogens is 332 g/mol. The normalized spacial score (nSPS) is 10.1. The second kappa shape index (κ2) is 8.71. The summed E-state index contributed by atoms with van der Waals surface area (Å²) in [5, 5.41) is 0. The van der Waals surface area contributed by atoms with Crippen molar-refractivity contribution in [2.75, 3.05) is 13.1 Å². The van der Waals surface area contributed by atoms with Crippen LogP contribution in [0.25, 0.3) is 0 Å². The molecule has 0 aromatic heterocycles. The van der Waals surface area contributed by atoms with Crippen LogP contribution >= 0.6 is 0 Å². The number of hydrogen-bond acceptors (Lipinski definition) is 4. The molecule has 2 rings (SSSR count). The van der Waals surface area contributed by atoms with Gasteiger partial charge in [0.2, 0.25) is 11.8 Å². The lowest BCUT2D eigenvalue weighted by Gasteiger charge is -2.24. The molecule has 134 valence electrons. The van der Waals surface area contributed by atoms with Crippen molar-refractivity contribution >= 4 is 23.6 Å². The van der Waals surface area contributed by atoms with Gasteiger partial charge in [-0.05, 0) is 24.3 Å². The predicted octanol–water partition coefficient (Wildman–Crippen LogP) is 2.36. The number of hydrogen-bond donors (Lipinski definition) is 0. The van der Waals surface area contributed by atoms with E-state index in [0.29, 0.717) is 11.1 Å². The zero-order chi connectivity index (χ0) is 19.1. The van der Waals surface area contributed by atoms with Gasteiger partial charge < -0.3 is 0 Å². The van der Waals surface area contributed by atoms with E-state index >= 15 is 0 Å². The molecule has 0 radical (unpaired) electrons. The molecule has 2 aromatic rings. The van der Waals surface area contributed by atoms with Crippen LogP contribution < -0.4 is 0 Å². The second-order valence-electron chi connectivity index (χ2n) is 5.68. The number of rotatable bonds is 5. The molecule has 0 aliphatic rings. The zero-order valence-electron chi connectivity index (χ0n) is 14.7. The van der Waals surface area contributed by atoms with Crippen LogP contribution in [-0.4, -0.2) is 46.5 Å². The van der Waals surface area contributed by atoms with E-state index in [4.69, 9.17) is 0 Å². The van der Waals surface area contributed by atoms with Crippen molar-refractivity contribution in [3.05, 3.63) is 71.8 Å². The van der Waals surface area contributed by atoms with Gasteiger partial charge in [-0.1, -0.05) is 36.4 Å². The molecule has 26 heavy (non-hydrogen) atoms. The fraction of sp³-hybridized carbons (Fsp3) is 0.200. The monoisotopic (exact) mass is 352 g/mol. The van der Waals surface area contributed by atoms with E-state index in [1.54, 1.807) is 60.7 Å². The smallest absolute Gasteiger partial charge is 0.260 e. The number of nitrogens with zero attached hydrogens (tertiary/aromatic N) is 2. The number of carbonyl (C=O) groups excluding carboxylic acids is 4. The van der Waals surface area contributed by atoms with Crippen LogP contribution in [0, 0.1) is 0 Å². The van der Waals surface area contributed by atoms with Crippen molar-refractivity contribution in [1.29, 1.82) is 0 Å². The van der Waals surface area contributed by atoms with Crippen LogP contribution in [0.5, 0.6) is 0 Å². The maximum absolute atomic E-state index is 12.5. The van der Waals surface area contributed by atoms with Crippen LogP contribution in [0.1, 0.15) is 34.6 Å². The lowest BCUT2D eigenvalue weighted by atomic mass is 10.2. The summed E-state index contributed by atoms with van der Waals surface area (Å²) >= 11 is 0. The Labute approximate surface area is 152 Å². The standard InChI is InChI=1S/C20H20N2O4/c1-15(23)21(19(25)17-9-5-3-6-10-17)13-14-22(16(2)24)20(26)18-11-7-4-8-12-18/h3-12H,13-14H2,1-2H3. The quantitative estimate of drug-likeness (QED) is 0.828. The van der Waals surface area contributed by atoms with Gasteiger partial charge in [-0.15, -0.1) is 0 Å².